The monoisotopic (exact) mass is 450 g/mol. The molecule has 0 aliphatic rings. The van der Waals surface area contributed by atoms with Crippen molar-refractivity contribution in [3.05, 3.63) is 65.3 Å². The van der Waals surface area contributed by atoms with Crippen LogP contribution in [0.15, 0.2) is 54.1 Å². The fourth-order valence-electron chi connectivity index (χ4n) is 3.40. The maximum atomic E-state index is 13.0. The van der Waals surface area contributed by atoms with Gasteiger partial charge in [0.05, 0.1) is 39.8 Å². The Morgan fingerprint density at radius 3 is 2.25 bits per heavy atom. The number of hydrogen-bond donors (Lipinski definition) is 0. The van der Waals surface area contributed by atoms with E-state index in [1.165, 1.54) is 38.7 Å². The lowest BCUT2D eigenvalue weighted by molar-refractivity contribution is 0.104. The minimum absolute atomic E-state index is 0.199. The predicted octanol–water partition coefficient (Wildman–Crippen LogP) is 4.99. The molecule has 0 saturated carbocycles. The highest BCUT2D eigenvalue weighted by Crippen LogP contribution is 2.38. The summed E-state index contributed by atoms with van der Waals surface area (Å²) in [6.07, 6.45) is 5.23. The molecule has 0 saturated heterocycles. The van der Waals surface area contributed by atoms with Crippen LogP contribution in [-0.2, 0) is 0 Å². The third-order valence-electron chi connectivity index (χ3n) is 5.00. The zero-order valence-electron chi connectivity index (χ0n) is 18.1. The first-order chi connectivity index (χ1) is 15.6. The fraction of sp³-hybridized carbons (Fsp3) is 0.167. The number of ether oxygens (including phenoxy) is 4. The molecule has 0 aliphatic carbocycles. The molecule has 2 aromatic heterocycles. The van der Waals surface area contributed by atoms with Gasteiger partial charge in [0, 0.05) is 22.7 Å². The topological polar surface area (TPSA) is 71.3 Å². The van der Waals surface area contributed by atoms with Crippen molar-refractivity contribution in [3.63, 3.8) is 0 Å². The van der Waals surface area contributed by atoms with Crippen molar-refractivity contribution in [2.75, 3.05) is 28.4 Å². The zero-order valence-corrected chi connectivity index (χ0v) is 18.9. The number of benzene rings is 2. The molecule has 0 fully saturated rings. The number of aromatic nitrogens is 2. The number of rotatable bonds is 8. The van der Waals surface area contributed by atoms with Crippen LogP contribution in [0.4, 0.5) is 0 Å². The average molecular weight is 451 g/mol. The smallest absolute Gasteiger partial charge is 0.203 e. The van der Waals surface area contributed by atoms with E-state index in [1.54, 1.807) is 25.3 Å². The van der Waals surface area contributed by atoms with Gasteiger partial charge < -0.3 is 18.9 Å². The second-order valence-electron chi connectivity index (χ2n) is 6.74. The van der Waals surface area contributed by atoms with Gasteiger partial charge in [0.15, 0.2) is 22.2 Å². The van der Waals surface area contributed by atoms with Gasteiger partial charge in [0.2, 0.25) is 5.75 Å². The van der Waals surface area contributed by atoms with Crippen LogP contribution in [0.5, 0.6) is 23.0 Å². The van der Waals surface area contributed by atoms with Crippen LogP contribution in [0.1, 0.15) is 16.1 Å². The highest BCUT2D eigenvalue weighted by Gasteiger charge is 2.17. The molecule has 0 atom stereocenters. The van der Waals surface area contributed by atoms with Crippen LogP contribution >= 0.6 is 11.3 Å². The molecule has 0 N–H and O–H groups in total. The number of carbonyl (C=O) groups excluding carboxylic acids is 1. The van der Waals surface area contributed by atoms with Crippen LogP contribution < -0.4 is 18.9 Å². The van der Waals surface area contributed by atoms with Crippen LogP contribution in [0.2, 0.25) is 0 Å². The third-order valence-corrected chi connectivity index (χ3v) is 5.76. The molecule has 4 rings (SSSR count). The quantitative estimate of drug-likeness (QED) is 0.278. The number of carbonyl (C=O) groups is 1. The van der Waals surface area contributed by atoms with Crippen molar-refractivity contribution in [2.45, 2.75) is 0 Å². The maximum absolute atomic E-state index is 13.0. The van der Waals surface area contributed by atoms with Crippen molar-refractivity contribution in [1.29, 1.82) is 0 Å². The summed E-state index contributed by atoms with van der Waals surface area (Å²) in [5.74, 6) is 1.85. The molecule has 0 unspecified atom stereocenters. The van der Waals surface area contributed by atoms with Crippen LogP contribution in [-0.4, -0.2) is 43.6 Å². The van der Waals surface area contributed by atoms with Crippen molar-refractivity contribution >= 4 is 28.2 Å². The van der Waals surface area contributed by atoms with E-state index >= 15 is 0 Å². The molecule has 0 amide bonds. The predicted molar refractivity (Wildman–Crippen MR) is 125 cm³/mol. The Kier molecular flexibility index (Phi) is 6.13. The Morgan fingerprint density at radius 2 is 1.66 bits per heavy atom. The summed E-state index contributed by atoms with van der Waals surface area (Å²) in [5, 5.41) is 1.96. The number of imidazole rings is 1. The van der Waals surface area contributed by atoms with E-state index in [9.17, 15) is 4.79 Å². The molecule has 2 aromatic carbocycles. The summed E-state index contributed by atoms with van der Waals surface area (Å²) in [6, 6.07) is 10.9. The van der Waals surface area contributed by atoms with E-state index in [-0.39, 0.29) is 5.78 Å². The highest BCUT2D eigenvalue weighted by molar-refractivity contribution is 7.15. The van der Waals surface area contributed by atoms with Gasteiger partial charge in [0.25, 0.3) is 0 Å². The van der Waals surface area contributed by atoms with E-state index in [0.717, 1.165) is 27.7 Å². The molecule has 0 aliphatic heterocycles. The summed E-state index contributed by atoms with van der Waals surface area (Å²) >= 11 is 1.53. The Balaban J connectivity index is 1.72. The van der Waals surface area contributed by atoms with Gasteiger partial charge in [-0.1, -0.05) is 0 Å². The molecular weight excluding hydrogens is 428 g/mol. The highest BCUT2D eigenvalue weighted by atomic mass is 32.1. The fourth-order valence-corrected chi connectivity index (χ4v) is 4.12. The first kappa shape index (κ1) is 21.5. The summed E-state index contributed by atoms with van der Waals surface area (Å²) in [6.45, 7) is 0. The van der Waals surface area contributed by atoms with E-state index in [1.807, 2.05) is 40.2 Å². The molecule has 7 nitrogen and oxygen atoms in total. The average Bonchev–Trinajstić information content (AvgIpc) is 3.43. The van der Waals surface area contributed by atoms with Crippen molar-refractivity contribution < 1.29 is 23.7 Å². The standard InChI is InChI=1S/C24H22N2O5S/c1-28-17-7-5-15(6-8-17)22-18(26-11-12-32-24(26)25-22)9-10-19(27)16-13-20(29-2)23(31-4)21(14-16)30-3/h5-14H,1-4H3. The van der Waals surface area contributed by atoms with Crippen LogP contribution in [0.3, 0.4) is 0 Å². The number of fused-ring (bicyclic) bond motifs is 1. The zero-order chi connectivity index (χ0) is 22.7. The number of thiazole rings is 1. The third kappa shape index (κ3) is 3.92. The Hall–Kier alpha value is -3.78. The summed E-state index contributed by atoms with van der Waals surface area (Å²) in [4.78, 5) is 18.6. The lowest BCUT2D eigenvalue weighted by Crippen LogP contribution is -2.00. The van der Waals surface area contributed by atoms with Gasteiger partial charge in [-0.05, 0) is 48.6 Å². The van der Waals surface area contributed by atoms with Crippen molar-refractivity contribution in [1.82, 2.24) is 9.38 Å². The van der Waals surface area contributed by atoms with Crippen LogP contribution in [0.25, 0.3) is 22.3 Å². The first-order valence-electron chi connectivity index (χ1n) is 9.72. The van der Waals surface area contributed by atoms with E-state index in [4.69, 9.17) is 23.9 Å². The maximum Gasteiger partial charge on any atom is 0.203 e. The van der Waals surface area contributed by atoms with Gasteiger partial charge >= 0.3 is 0 Å². The molecule has 0 radical (unpaired) electrons. The van der Waals surface area contributed by atoms with E-state index < -0.39 is 0 Å². The van der Waals surface area contributed by atoms with Crippen molar-refractivity contribution in [2.24, 2.45) is 0 Å². The van der Waals surface area contributed by atoms with Gasteiger partial charge in [-0.3, -0.25) is 9.20 Å². The number of allylic oxidation sites excluding steroid dienone is 1. The summed E-state index contributed by atoms with van der Waals surface area (Å²) in [7, 11) is 6.18. The number of hydrogen-bond acceptors (Lipinski definition) is 7. The molecular formula is C24H22N2O5S. The van der Waals surface area contributed by atoms with Gasteiger partial charge in [-0.2, -0.15) is 0 Å². The SMILES string of the molecule is COc1ccc(-c2nc3sccn3c2C=CC(=O)c2cc(OC)c(OC)c(OC)c2)cc1. The Morgan fingerprint density at radius 1 is 0.969 bits per heavy atom. The molecule has 0 spiro atoms. The second kappa shape index (κ2) is 9.15. The molecule has 8 heteroatoms. The molecule has 4 aromatic rings. The minimum Gasteiger partial charge on any atom is -0.497 e. The normalized spacial score (nSPS) is 11.1. The van der Waals surface area contributed by atoms with Crippen molar-refractivity contribution in [3.8, 4) is 34.3 Å². The largest absolute Gasteiger partial charge is 0.497 e. The molecule has 32 heavy (non-hydrogen) atoms. The first-order valence-corrected chi connectivity index (χ1v) is 10.6. The lowest BCUT2D eigenvalue weighted by Gasteiger charge is -2.13. The molecule has 164 valence electrons. The van der Waals surface area contributed by atoms with Gasteiger partial charge in [-0.25, -0.2) is 4.98 Å². The Bertz CT molecular complexity index is 1260. The summed E-state index contributed by atoms with van der Waals surface area (Å²) < 4.78 is 23.3. The Labute approximate surface area is 189 Å². The summed E-state index contributed by atoms with van der Waals surface area (Å²) in [5.41, 5.74) is 2.95. The number of nitrogens with zero attached hydrogens (tertiary/aromatic N) is 2. The second-order valence-corrected chi connectivity index (χ2v) is 7.61. The number of ketones is 1. The minimum atomic E-state index is -0.199. The van der Waals surface area contributed by atoms with Gasteiger partial charge in [0.1, 0.15) is 5.75 Å². The van der Waals surface area contributed by atoms with E-state index in [0.29, 0.717) is 22.8 Å². The van der Waals surface area contributed by atoms with E-state index in [2.05, 4.69) is 0 Å². The molecule has 2 heterocycles. The van der Waals surface area contributed by atoms with Crippen LogP contribution in [0, 0.1) is 0 Å². The molecule has 0 bridgehead atoms. The number of methoxy groups -OCH3 is 4. The lowest BCUT2D eigenvalue weighted by atomic mass is 10.1. The van der Waals surface area contributed by atoms with Gasteiger partial charge in [-0.15, -0.1) is 11.3 Å².